The van der Waals surface area contributed by atoms with E-state index in [-0.39, 0.29) is 0 Å². The van der Waals surface area contributed by atoms with Crippen LogP contribution in [0.25, 0.3) is 0 Å². The van der Waals surface area contributed by atoms with Crippen molar-refractivity contribution >= 4 is 21.6 Å². The molecule has 3 rings (SSSR count). The Morgan fingerprint density at radius 1 is 1.11 bits per heavy atom. The van der Waals surface area contributed by atoms with Gasteiger partial charge in [-0.3, -0.25) is 0 Å². The van der Waals surface area contributed by atoms with Crippen molar-refractivity contribution in [3.05, 3.63) is 64.1 Å². The van der Waals surface area contributed by atoms with Gasteiger partial charge in [0, 0.05) is 22.7 Å². The van der Waals surface area contributed by atoms with E-state index in [4.69, 9.17) is 0 Å². The van der Waals surface area contributed by atoms with Crippen LogP contribution in [0.2, 0.25) is 0 Å². The van der Waals surface area contributed by atoms with Crippen molar-refractivity contribution in [1.82, 2.24) is 0 Å². The molecule has 2 aromatic rings. The average Bonchev–Trinajstić information content (AvgIpc) is 2.69. The third-order valence-corrected chi connectivity index (χ3v) is 4.42. The number of benzene rings is 2. The molecule has 1 nitrogen and oxygen atoms in total. The molecule has 0 aromatic heterocycles. The first-order valence-electron chi connectivity index (χ1n) is 6.33. The van der Waals surface area contributed by atoms with Crippen molar-refractivity contribution in [1.29, 1.82) is 0 Å². The standard InChI is InChI=1S/C16H16BrN/c1-12-10-13-6-3-5-9-16(13)18(12)11-14-7-2-4-8-15(14)17/h2-9,12H,10-11H2,1H3. The Kier molecular flexibility index (Phi) is 3.13. The zero-order valence-corrected chi connectivity index (χ0v) is 12.0. The topological polar surface area (TPSA) is 3.24 Å². The maximum absolute atomic E-state index is 3.64. The minimum absolute atomic E-state index is 0.578. The summed E-state index contributed by atoms with van der Waals surface area (Å²) in [4.78, 5) is 2.50. The van der Waals surface area contributed by atoms with Crippen molar-refractivity contribution in [3.8, 4) is 0 Å². The summed E-state index contributed by atoms with van der Waals surface area (Å²) in [7, 11) is 0. The third kappa shape index (κ3) is 2.05. The van der Waals surface area contributed by atoms with E-state index in [2.05, 4.69) is 76.3 Å². The van der Waals surface area contributed by atoms with E-state index in [0.717, 1.165) is 13.0 Å². The quantitative estimate of drug-likeness (QED) is 0.794. The lowest BCUT2D eigenvalue weighted by molar-refractivity contribution is 0.671. The highest BCUT2D eigenvalue weighted by molar-refractivity contribution is 9.10. The summed E-state index contributed by atoms with van der Waals surface area (Å²) in [6.45, 7) is 3.27. The minimum Gasteiger partial charge on any atom is -0.364 e. The van der Waals surface area contributed by atoms with Gasteiger partial charge in [-0.25, -0.2) is 0 Å². The fourth-order valence-electron chi connectivity index (χ4n) is 2.68. The first-order valence-corrected chi connectivity index (χ1v) is 7.13. The van der Waals surface area contributed by atoms with E-state index in [1.54, 1.807) is 0 Å². The van der Waals surface area contributed by atoms with Gasteiger partial charge in [-0.05, 0) is 36.6 Å². The maximum Gasteiger partial charge on any atom is 0.0443 e. The number of hydrogen-bond acceptors (Lipinski definition) is 1. The number of hydrogen-bond donors (Lipinski definition) is 0. The maximum atomic E-state index is 3.64. The summed E-state index contributed by atoms with van der Waals surface area (Å²) in [5.74, 6) is 0. The Balaban J connectivity index is 1.92. The van der Waals surface area contributed by atoms with Gasteiger partial charge in [0.1, 0.15) is 0 Å². The predicted octanol–water partition coefficient (Wildman–Crippen LogP) is 4.40. The van der Waals surface area contributed by atoms with Crippen molar-refractivity contribution in [3.63, 3.8) is 0 Å². The SMILES string of the molecule is CC1Cc2ccccc2N1Cc1ccccc1Br. The molecule has 1 unspecified atom stereocenters. The average molecular weight is 302 g/mol. The molecule has 1 aliphatic rings. The van der Waals surface area contributed by atoms with Crippen LogP contribution < -0.4 is 4.90 Å². The molecule has 0 aliphatic carbocycles. The van der Waals surface area contributed by atoms with Crippen molar-refractivity contribution < 1.29 is 0 Å². The van der Waals surface area contributed by atoms with Crippen molar-refractivity contribution in [2.45, 2.75) is 25.9 Å². The summed E-state index contributed by atoms with van der Waals surface area (Å²) in [5, 5.41) is 0. The minimum atomic E-state index is 0.578. The van der Waals surface area contributed by atoms with E-state index in [9.17, 15) is 0 Å². The molecule has 0 saturated carbocycles. The van der Waals surface area contributed by atoms with E-state index < -0.39 is 0 Å². The molecule has 0 N–H and O–H groups in total. The molecule has 0 bridgehead atoms. The highest BCUT2D eigenvalue weighted by Crippen LogP contribution is 2.33. The Morgan fingerprint density at radius 3 is 2.67 bits per heavy atom. The van der Waals surface area contributed by atoms with Gasteiger partial charge < -0.3 is 4.90 Å². The van der Waals surface area contributed by atoms with Crippen LogP contribution in [0, 0.1) is 0 Å². The Bertz CT molecular complexity index is 565. The number of anilines is 1. The molecule has 1 aliphatic heterocycles. The monoisotopic (exact) mass is 301 g/mol. The first-order chi connectivity index (χ1) is 8.75. The van der Waals surface area contributed by atoms with Gasteiger partial charge in [0.05, 0.1) is 0 Å². The van der Waals surface area contributed by atoms with Crippen LogP contribution in [0.5, 0.6) is 0 Å². The number of para-hydroxylation sites is 1. The Morgan fingerprint density at radius 2 is 1.83 bits per heavy atom. The highest BCUT2D eigenvalue weighted by atomic mass is 79.9. The number of rotatable bonds is 2. The highest BCUT2D eigenvalue weighted by Gasteiger charge is 2.25. The molecule has 0 saturated heterocycles. The second-order valence-electron chi connectivity index (χ2n) is 4.90. The predicted molar refractivity (Wildman–Crippen MR) is 79.9 cm³/mol. The van der Waals surface area contributed by atoms with Gasteiger partial charge in [-0.2, -0.15) is 0 Å². The van der Waals surface area contributed by atoms with Gasteiger partial charge in [0.15, 0.2) is 0 Å². The first kappa shape index (κ1) is 11.8. The summed E-state index contributed by atoms with van der Waals surface area (Å²) in [6.07, 6.45) is 1.15. The van der Waals surface area contributed by atoms with Crippen LogP contribution in [0.1, 0.15) is 18.1 Å². The summed E-state index contributed by atoms with van der Waals surface area (Å²) < 4.78 is 1.20. The molecule has 1 atom stereocenters. The van der Waals surface area contributed by atoms with Crippen molar-refractivity contribution in [2.24, 2.45) is 0 Å². The third-order valence-electron chi connectivity index (χ3n) is 3.65. The molecule has 92 valence electrons. The van der Waals surface area contributed by atoms with Crippen LogP contribution in [0.3, 0.4) is 0 Å². The lowest BCUT2D eigenvalue weighted by atomic mass is 10.1. The number of fused-ring (bicyclic) bond motifs is 1. The van der Waals surface area contributed by atoms with Gasteiger partial charge >= 0.3 is 0 Å². The largest absolute Gasteiger partial charge is 0.364 e. The van der Waals surface area contributed by atoms with Gasteiger partial charge in [-0.1, -0.05) is 52.3 Å². The Labute approximate surface area is 117 Å². The molecular formula is C16H16BrN. The van der Waals surface area contributed by atoms with Crippen LogP contribution >= 0.6 is 15.9 Å². The van der Waals surface area contributed by atoms with E-state index in [1.165, 1.54) is 21.3 Å². The molecule has 2 aromatic carbocycles. The second kappa shape index (κ2) is 4.77. The van der Waals surface area contributed by atoms with E-state index >= 15 is 0 Å². The molecule has 0 fully saturated rings. The zero-order valence-electron chi connectivity index (χ0n) is 10.4. The van der Waals surface area contributed by atoms with Gasteiger partial charge in [-0.15, -0.1) is 0 Å². The molecular weight excluding hydrogens is 286 g/mol. The normalized spacial score (nSPS) is 17.9. The van der Waals surface area contributed by atoms with Gasteiger partial charge in [0.2, 0.25) is 0 Å². The number of halogens is 1. The zero-order chi connectivity index (χ0) is 12.5. The lowest BCUT2D eigenvalue weighted by Gasteiger charge is -2.25. The molecule has 1 heterocycles. The van der Waals surface area contributed by atoms with Crippen LogP contribution in [-0.4, -0.2) is 6.04 Å². The summed E-state index contributed by atoms with van der Waals surface area (Å²) in [6, 6.07) is 17.8. The lowest BCUT2D eigenvalue weighted by Crippen LogP contribution is -2.28. The smallest absolute Gasteiger partial charge is 0.0443 e. The van der Waals surface area contributed by atoms with Gasteiger partial charge in [0.25, 0.3) is 0 Å². The van der Waals surface area contributed by atoms with Crippen molar-refractivity contribution in [2.75, 3.05) is 4.90 Å². The summed E-state index contributed by atoms with van der Waals surface area (Å²) in [5.41, 5.74) is 4.21. The Hall–Kier alpha value is -1.28. The van der Waals surface area contributed by atoms with E-state index in [1.807, 2.05) is 0 Å². The molecule has 2 heteroatoms. The molecule has 0 spiro atoms. The van der Waals surface area contributed by atoms with Crippen LogP contribution in [0.15, 0.2) is 53.0 Å². The van der Waals surface area contributed by atoms with E-state index in [0.29, 0.717) is 6.04 Å². The number of nitrogens with zero attached hydrogens (tertiary/aromatic N) is 1. The molecule has 0 radical (unpaired) electrons. The van der Waals surface area contributed by atoms with Crippen LogP contribution in [-0.2, 0) is 13.0 Å². The second-order valence-corrected chi connectivity index (χ2v) is 5.76. The molecule has 18 heavy (non-hydrogen) atoms. The van der Waals surface area contributed by atoms with Crippen LogP contribution in [0.4, 0.5) is 5.69 Å². The summed E-state index contributed by atoms with van der Waals surface area (Å²) >= 11 is 3.64. The fraction of sp³-hybridized carbons (Fsp3) is 0.250. The fourth-order valence-corrected chi connectivity index (χ4v) is 3.09. The molecule has 0 amide bonds.